The van der Waals surface area contributed by atoms with Crippen LogP contribution in [0.5, 0.6) is 0 Å². The van der Waals surface area contributed by atoms with Crippen LogP contribution in [0.3, 0.4) is 0 Å². The van der Waals surface area contributed by atoms with E-state index in [4.69, 9.17) is 4.74 Å². The molecule has 0 radical (unpaired) electrons. The number of nitrogens with zero attached hydrogens (tertiary/aromatic N) is 4. The summed E-state index contributed by atoms with van der Waals surface area (Å²) in [5.74, 6) is -0.435. The van der Waals surface area contributed by atoms with Gasteiger partial charge < -0.3 is 25.2 Å². The second-order valence-corrected chi connectivity index (χ2v) is 8.62. The van der Waals surface area contributed by atoms with Crippen LogP contribution in [0.2, 0.25) is 0 Å². The number of thiazole rings is 1. The van der Waals surface area contributed by atoms with Gasteiger partial charge in [0.1, 0.15) is 0 Å². The maximum Gasteiger partial charge on any atom is 0.323 e. The number of rotatable bonds is 8. The molecule has 2 aliphatic heterocycles. The second-order valence-electron chi connectivity index (χ2n) is 7.78. The molecule has 2 N–H and O–H groups in total. The fraction of sp³-hybridized carbons (Fsp3) is 0.455. The summed E-state index contributed by atoms with van der Waals surface area (Å²) >= 11 is 1.33. The zero-order valence-electron chi connectivity index (χ0n) is 18.6. The van der Waals surface area contributed by atoms with Gasteiger partial charge in [-0.15, -0.1) is 11.3 Å². The van der Waals surface area contributed by atoms with Gasteiger partial charge in [0.2, 0.25) is 11.8 Å². The maximum atomic E-state index is 12.7. The first-order valence-corrected chi connectivity index (χ1v) is 11.9. The summed E-state index contributed by atoms with van der Waals surface area (Å²) in [6.07, 6.45) is 0.0846. The van der Waals surface area contributed by atoms with Crippen molar-refractivity contribution in [2.24, 2.45) is 0 Å². The number of likely N-dealkylation sites (N-methyl/N-ethyl adjacent to an activating group) is 1. The van der Waals surface area contributed by atoms with Crippen LogP contribution in [0.4, 0.5) is 21.3 Å². The SMILES string of the molecule is CCN(CC(=O)Nc1ccc(N2CCOCC2)cc1)C(=O)Cc1csc(N2CCNC2=O)n1. The third-order valence-electron chi connectivity index (χ3n) is 5.56. The summed E-state index contributed by atoms with van der Waals surface area (Å²) in [5.41, 5.74) is 2.38. The largest absolute Gasteiger partial charge is 0.378 e. The Morgan fingerprint density at radius 3 is 2.64 bits per heavy atom. The first-order chi connectivity index (χ1) is 16.0. The van der Waals surface area contributed by atoms with Gasteiger partial charge in [-0.1, -0.05) is 0 Å². The number of hydrogen-bond donors (Lipinski definition) is 2. The van der Waals surface area contributed by atoms with Gasteiger partial charge in [0.25, 0.3) is 0 Å². The molecule has 176 valence electrons. The lowest BCUT2D eigenvalue weighted by atomic mass is 10.2. The Balaban J connectivity index is 1.29. The molecule has 0 bridgehead atoms. The number of carbonyl (C=O) groups excluding carboxylic acids is 3. The van der Waals surface area contributed by atoms with E-state index in [1.54, 1.807) is 10.3 Å². The fourth-order valence-corrected chi connectivity index (χ4v) is 4.60. The molecule has 2 aliphatic rings. The number of anilines is 3. The third kappa shape index (κ3) is 5.79. The van der Waals surface area contributed by atoms with Crippen LogP contribution in [-0.4, -0.2) is 80.2 Å². The molecule has 0 saturated carbocycles. The number of ether oxygens (including phenoxy) is 1. The molecule has 0 unspecified atom stereocenters. The van der Waals surface area contributed by atoms with Gasteiger partial charge in [0, 0.05) is 49.5 Å². The highest BCUT2D eigenvalue weighted by atomic mass is 32.1. The first kappa shape index (κ1) is 23.0. The summed E-state index contributed by atoms with van der Waals surface area (Å²) in [6.45, 7) is 6.50. The summed E-state index contributed by atoms with van der Waals surface area (Å²) in [6, 6.07) is 7.51. The van der Waals surface area contributed by atoms with Crippen LogP contribution in [0.15, 0.2) is 29.6 Å². The molecular formula is C22H28N6O4S. The van der Waals surface area contributed by atoms with Gasteiger partial charge in [-0.2, -0.15) is 0 Å². The quantitative estimate of drug-likeness (QED) is 0.604. The first-order valence-electron chi connectivity index (χ1n) is 11.0. The molecule has 4 amide bonds. The zero-order chi connectivity index (χ0) is 23.2. The topological polar surface area (TPSA) is 107 Å². The van der Waals surface area contributed by atoms with Crippen LogP contribution < -0.4 is 20.4 Å². The molecule has 0 atom stereocenters. The molecule has 0 aliphatic carbocycles. The predicted octanol–water partition coefficient (Wildman–Crippen LogP) is 1.54. The van der Waals surface area contributed by atoms with E-state index in [0.29, 0.717) is 36.1 Å². The van der Waals surface area contributed by atoms with E-state index < -0.39 is 0 Å². The monoisotopic (exact) mass is 472 g/mol. The minimum Gasteiger partial charge on any atom is -0.378 e. The Morgan fingerprint density at radius 2 is 1.97 bits per heavy atom. The number of benzene rings is 1. The van der Waals surface area contributed by atoms with Gasteiger partial charge in [-0.3, -0.25) is 14.5 Å². The van der Waals surface area contributed by atoms with E-state index in [2.05, 4.69) is 20.5 Å². The molecule has 2 saturated heterocycles. The fourth-order valence-electron chi connectivity index (χ4n) is 3.75. The van der Waals surface area contributed by atoms with Crippen molar-refractivity contribution in [1.29, 1.82) is 0 Å². The van der Waals surface area contributed by atoms with Crippen LogP contribution in [0, 0.1) is 0 Å². The molecule has 1 aromatic carbocycles. The molecule has 0 spiro atoms. The van der Waals surface area contributed by atoms with Crippen LogP contribution in [0.25, 0.3) is 0 Å². The molecular weight excluding hydrogens is 444 g/mol. The van der Waals surface area contributed by atoms with Crippen LogP contribution in [0.1, 0.15) is 12.6 Å². The predicted molar refractivity (Wildman–Crippen MR) is 127 cm³/mol. The average Bonchev–Trinajstić information content (AvgIpc) is 3.47. The van der Waals surface area contributed by atoms with Crippen molar-refractivity contribution >= 4 is 45.7 Å². The van der Waals surface area contributed by atoms with Gasteiger partial charge in [0.15, 0.2) is 5.13 Å². The molecule has 33 heavy (non-hydrogen) atoms. The highest BCUT2D eigenvalue weighted by Crippen LogP contribution is 2.23. The summed E-state index contributed by atoms with van der Waals surface area (Å²) in [4.78, 5) is 46.8. The maximum absolute atomic E-state index is 12.7. The molecule has 11 heteroatoms. The van der Waals surface area contributed by atoms with Crippen molar-refractivity contribution < 1.29 is 19.1 Å². The third-order valence-corrected chi connectivity index (χ3v) is 6.47. The second kappa shape index (κ2) is 10.6. The number of hydrogen-bond acceptors (Lipinski definition) is 7. The molecule has 2 aromatic rings. The Hall–Kier alpha value is -3.18. The molecule has 3 heterocycles. The van der Waals surface area contributed by atoms with E-state index in [0.717, 1.165) is 32.0 Å². The standard InChI is InChI=1S/C22H28N6O4S/c1-2-26(20(30)13-17-15-33-22(25-17)28-8-7-23-21(28)31)14-19(29)24-16-3-5-18(6-4-16)27-9-11-32-12-10-27/h3-6,15H,2,7-14H2,1H3,(H,23,31)(H,24,29). The number of amides is 4. The Labute approximate surface area is 196 Å². The van der Waals surface area contributed by atoms with E-state index >= 15 is 0 Å². The number of urea groups is 1. The zero-order valence-corrected chi connectivity index (χ0v) is 19.4. The Kier molecular flexibility index (Phi) is 7.40. The molecule has 1 aromatic heterocycles. The van der Waals surface area contributed by atoms with E-state index in [1.165, 1.54) is 16.2 Å². The minimum atomic E-state index is -0.253. The van der Waals surface area contributed by atoms with Crippen molar-refractivity contribution in [3.8, 4) is 0 Å². The number of morpholine rings is 1. The highest BCUT2D eigenvalue weighted by Gasteiger charge is 2.25. The van der Waals surface area contributed by atoms with Crippen molar-refractivity contribution in [3.05, 3.63) is 35.3 Å². The molecule has 10 nitrogen and oxygen atoms in total. The van der Waals surface area contributed by atoms with Crippen molar-refractivity contribution in [3.63, 3.8) is 0 Å². The minimum absolute atomic E-state index is 0.0356. The number of nitrogens with one attached hydrogen (secondary N) is 2. The van der Waals surface area contributed by atoms with Crippen molar-refractivity contribution in [1.82, 2.24) is 15.2 Å². The summed E-state index contributed by atoms with van der Waals surface area (Å²) in [5, 5.41) is 7.95. The van der Waals surface area contributed by atoms with E-state index in [9.17, 15) is 14.4 Å². The van der Waals surface area contributed by atoms with Gasteiger partial charge in [-0.25, -0.2) is 9.78 Å². The molecule has 4 rings (SSSR count). The smallest absolute Gasteiger partial charge is 0.323 e. The van der Waals surface area contributed by atoms with Gasteiger partial charge in [-0.05, 0) is 31.2 Å². The number of carbonyl (C=O) groups is 3. The van der Waals surface area contributed by atoms with Crippen LogP contribution >= 0.6 is 11.3 Å². The van der Waals surface area contributed by atoms with E-state index in [-0.39, 0.29) is 30.8 Å². The van der Waals surface area contributed by atoms with Gasteiger partial charge in [0.05, 0.1) is 31.9 Å². The highest BCUT2D eigenvalue weighted by molar-refractivity contribution is 7.14. The molecule has 2 fully saturated rings. The van der Waals surface area contributed by atoms with Crippen molar-refractivity contribution in [2.45, 2.75) is 13.3 Å². The Bertz CT molecular complexity index is 989. The van der Waals surface area contributed by atoms with E-state index in [1.807, 2.05) is 31.2 Å². The normalized spacial score (nSPS) is 16.0. The average molecular weight is 473 g/mol. The lowest BCUT2D eigenvalue weighted by molar-refractivity contribution is -0.133. The van der Waals surface area contributed by atoms with Crippen molar-refractivity contribution in [2.75, 3.05) is 67.6 Å². The Morgan fingerprint density at radius 1 is 1.21 bits per heavy atom. The lowest BCUT2D eigenvalue weighted by Crippen LogP contribution is -2.38. The van der Waals surface area contributed by atoms with Gasteiger partial charge >= 0.3 is 6.03 Å². The summed E-state index contributed by atoms with van der Waals surface area (Å²) < 4.78 is 5.38. The summed E-state index contributed by atoms with van der Waals surface area (Å²) in [7, 11) is 0. The lowest BCUT2D eigenvalue weighted by Gasteiger charge is -2.29. The number of aromatic nitrogens is 1. The van der Waals surface area contributed by atoms with Crippen LogP contribution in [-0.2, 0) is 20.7 Å².